The van der Waals surface area contributed by atoms with Crippen LogP contribution in [0.15, 0.2) is 53.8 Å². The topological polar surface area (TPSA) is 29.7 Å². The molecule has 3 heterocycles. The highest BCUT2D eigenvalue weighted by Gasteiger charge is 2.34. The molecule has 0 bridgehead atoms. The van der Waals surface area contributed by atoms with Crippen molar-refractivity contribution in [2.24, 2.45) is 4.99 Å². The van der Waals surface area contributed by atoms with Gasteiger partial charge in [0.25, 0.3) is 0 Å². The molecular formula is C20H20FN3. The molecule has 0 atom stereocenters. The molecule has 122 valence electrons. The molecule has 1 aliphatic rings. The Balaban J connectivity index is 1.96. The lowest BCUT2D eigenvalue weighted by Gasteiger charge is -2.34. The van der Waals surface area contributed by atoms with Crippen molar-refractivity contribution in [2.45, 2.75) is 38.6 Å². The highest BCUT2D eigenvalue weighted by Crippen LogP contribution is 2.35. The maximum atomic E-state index is 14.5. The van der Waals surface area contributed by atoms with Gasteiger partial charge in [0.05, 0.1) is 23.0 Å². The quantitative estimate of drug-likeness (QED) is 0.702. The summed E-state index contributed by atoms with van der Waals surface area (Å²) >= 11 is 0. The third kappa shape index (κ3) is 2.25. The van der Waals surface area contributed by atoms with Gasteiger partial charge in [0, 0.05) is 23.7 Å². The van der Waals surface area contributed by atoms with Crippen LogP contribution in [0.25, 0.3) is 5.52 Å². The monoisotopic (exact) mass is 321 g/mol. The number of hydrogen-bond donors (Lipinski definition) is 0. The van der Waals surface area contributed by atoms with Gasteiger partial charge in [-0.2, -0.15) is 5.10 Å². The summed E-state index contributed by atoms with van der Waals surface area (Å²) in [5, 5.41) is 4.45. The zero-order valence-corrected chi connectivity index (χ0v) is 14.0. The third-order valence-corrected chi connectivity index (χ3v) is 5.20. The summed E-state index contributed by atoms with van der Waals surface area (Å²) in [6.07, 6.45) is 6.18. The second kappa shape index (κ2) is 5.55. The highest BCUT2D eigenvalue weighted by molar-refractivity contribution is 6.14. The Morgan fingerprint density at radius 2 is 2.00 bits per heavy atom. The van der Waals surface area contributed by atoms with E-state index < -0.39 is 0 Å². The highest BCUT2D eigenvalue weighted by atomic mass is 19.1. The number of fused-ring (bicyclic) bond motifs is 2. The van der Waals surface area contributed by atoms with Crippen LogP contribution in [0, 0.1) is 5.82 Å². The SMILES string of the molecule is CCC1(CC)Cc2c(F)cccc2C(c2cnn3cccc3c2)=N1. The van der Waals surface area contributed by atoms with Crippen LogP contribution in [0.2, 0.25) is 0 Å². The lowest BCUT2D eigenvalue weighted by atomic mass is 9.79. The van der Waals surface area contributed by atoms with E-state index in [1.165, 1.54) is 0 Å². The molecule has 0 aliphatic carbocycles. The van der Waals surface area contributed by atoms with Crippen molar-refractivity contribution < 1.29 is 4.39 Å². The maximum absolute atomic E-state index is 14.5. The summed E-state index contributed by atoms with van der Waals surface area (Å²) < 4.78 is 16.3. The first-order valence-electron chi connectivity index (χ1n) is 8.47. The fraction of sp³-hybridized carbons (Fsp3) is 0.300. The summed E-state index contributed by atoms with van der Waals surface area (Å²) in [6, 6.07) is 11.3. The van der Waals surface area contributed by atoms with Crippen molar-refractivity contribution in [3.8, 4) is 0 Å². The van der Waals surface area contributed by atoms with Gasteiger partial charge in [0.1, 0.15) is 5.82 Å². The number of aliphatic imine (C=N–C) groups is 1. The largest absolute Gasteiger partial charge is 0.277 e. The number of benzene rings is 1. The molecule has 2 aromatic heterocycles. The Morgan fingerprint density at radius 3 is 2.79 bits per heavy atom. The van der Waals surface area contributed by atoms with Gasteiger partial charge in [-0.15, -0.1) is 0 Å². The molecule has 0 unspecified atom stereocenters. The van der Waals surface area contributed by atoms with Crippen molar-refractivity contribution >= 4 is 11.2 Å². The van der Waals surface area contributed by atoms with E-state index in [2.05, 4.69) is 25.0 Å². The molecule has 3 aromatic rings. The van der Waals surface area contributed by atoms with Crippen molar-refractivity contribution in [3.63, 3.8) is 0 Å². The molecule has 0 saturated heterocycles. The van der Waals surface area contributed by atoms with Crippen LogP contribution in [-0.4, -0.2) is 20.9 Å². The van der Waals surface area contributed by atoms with Crippen LogP contribution in [0.1, 0.15) is 43.4 Å². The van der Waals surface area contributed by atoms with E-state index in [1.54, 1.807) is 12.1 Å². The van der Waals surface area contributed by atoms with E-state index in [4.69, 9.17) is 4.99 Å². The Kier molecular flexibility index (Phi) is 3.48. The van der Waals surface area contributed by atoms with Gasteiger partial charge in [-0.05, 0) is 42.7 Å². The Labute approximate surface area is 140 Å². The van der Waals surface area contributed by atoms with E-state index in [9.17, 15) is 4.39 Å². The average molecular weight is 321 g/mol. The van der Waals surface area contributed by atoms with Gasteiger partial charge in [-0.1, -0.05) is 26.0 Å². The molecular weight excluding hydrogens is 301 g/mol. The minimum absolute atomic E-state index is 0.136. The molecule has 4 heteroatoms. The summed E-state index contributed by atoms with van der Waals surface area (Å²) in [7, 11) is 0. The van der Waals surface area contributed by atoms with E-state index >= 15 is 0 Å². The van der Waals surface area contributed by atoms with Gasteiger partial charge in [0.15, 0.2) is 0 Å². The predicted molar refractivity (Wildman–Crippen MR) is 94.2 cm³/mol. The molecule has 24 heavy (non-hydrogen) atoms. The second-order valence-electron chi connectivity index (χ2n) is 6.46. The molecule has 1 aliphatic heterocycles. The first-order valence-corrected chi connectivity index (χ1v) is 8.47. The zero-order valence-electron chi connectivity index (χ0n) is 14.0. The van der Waals surface area contributed by atoms with E-state index in [1.807, 2.05) is 35.1 Å². The lowest BCUT2D eigenvalue weighted by Crippen LogP contribution is -2.35. The number of aromatic nitrogens is 2. The van der Waals surface area contributed by atoms with Gasteiger partial charge >= 0.3 is 0 Å². The van der Waals surface area contributed by atoms with Crippen molar-refractivity contribution in [1.82, 2.24) is 9.61 Å². The average Bonchev–Trinajstić information content (AvgIpc) is 3.09. The van der Waals surface area contributed by atoms with E-state index in [0.717, 1.165) is 40.8 Å². The van der Waals surface area contributed by atoms with E-state index in [0.29, 0.717) is 6.42 Å². The number of halogens is 1. The van der Waals surface area contributed by atoms with Crippen LogP contribution >= 0.6 is 0 Å². The molecule has 0 amide bonds. The van der Waals surface area contributed by atoms with E-state index in [-0.39, 0.29) is 11.4 Å². The Bertz CT molecular complexity index is 935. The predicted octanol–water partition coefficient (Wildman–Crippen LogP) is 4.43. The first kappa shape index (κ1) is 15.1. The van der Waals surface area contributed by atoms with Crippen LogP contribution in [-0.2, 0) is 6.42 Å². The molecule has 4 rings (SSSR count). The number of rotatable bonds is 3. The maximum Gasteiger partial charge on any atom is 0.127 e. The Morgan fingerprint density at radius 1 is 1.17 bits per heavy atom. The third-order valence-electron chi connectivity index (χ3n) is 5.20. The van der Waals surface area contributed by atoms with Crippen LogP contribution < -0.4 is 0 Å². The van der Waals surface area contributed by atoms with Crippen molar-refractivity contribution in [3.05, 3.63) is 71.3 Å². The molecule has 0 N–H and O–H groups in total. The molecule has 1 aromatic carbocycles. The minimum Gasteiger partial charge on any atom is -0.277 e. The van der Waals surface area contributed by atoms with Crippen LogP contribution in [0.3, 0.4) is 0 Å². The fourth-order valence-electron chi connectivity index (χ4n) is 3.56. The number of hydrogen-bond acceptors (Lipinski definition) is 2. The minimum atomic E-state index is -0.237. The zero-order chi connectivity index (χ0) is 16.7. The second-order valence-corrected chi connectivity index (χ2v) is 6.46. The summed E-state index contributed by atoms with van der Waals surface area (Å²) in [6.45, 7) is 4.26. The molecule has 0 saturated carbocycles. The smallest absolute Gasteiger partial charge is 0.127 e. The Hall–Kier alpha value is -2.49. The lowest BCUT2D eigenvalue weighted by molar-refractivity contribution is 0.385. The van der Waals surface area contributed by atoms with Crippen molar-refractivity contribution in [2.75, 3.05) is 0 Å². The van der Waals surface area contributed by atoms with Crippen molar-refractivity contribution in [1.29, 1.82) is 0 Å². The molecule has 0 fully saturated rings. The van der Waals surface area contributed by atoms with Crippen LogP contribution in [0.5, 0.6) is 0 Å². The summed E-state index contributed by atoms with van der Waals surface area (Å²) in [5.41, 5.74) is 4.25. The summed E-state index contributed by atoms with van der Waals surface area (Å²) in [5.74, 6) is -0.136. The van der Waals surface area contributed by atoms with Gasteiger partial charge in [-0.25, -0.2) is 8.91 Å². The molecule has 3 nitrogen and oxygen atoms in total. The van der Waals surface area contributed by atoms with Crippen LogP contribution in [0.4, 0.5) is 4.39 Å². The summed E-state index contributed by atoms with van der Waals surface area (Å²) in [4.78, 5) is 5.09. The standard InChI is InChI=1S/C20H20FN3/c1-3-20(4-2)12-17-16(8-5-9-18(17)21)19(23-20)14-11-15-7-6-10-24(15)22-13-14/h5-11,13H,3-4,12H2,1-2H3. The van der Waals surface area contributed by atoms with Gasteiger partial charge in [-0.3, -0.25) is 4.99 Å². The molecule has 0 spiro atoms. The number of nitrogens with zero attached hydrogens (tertiary/aromatic N) is 3. The van der Waals surface area contributed by atoms with Gasteiger partial charge < -0.3 is 0 Å². The normalized spacial score (nSPS) is 16.0. The van der Waals surface area contributed by atoms with Gasteiger partial charge in [0.2, 0.25) is 0 Å². The molecule has 0 radical (unpaired) electrons. The first-order chi connectivity index (χ1) is 11.7. The fourth-order valence-corrected chi connectivity index (χ4v) is 3.56.